The number of rotatable bonds is 4. The average Bonchev–Trinajstić information content (AvgIpc) is 2.68. The van der Waals surface area contributed by atoms with Gasteiger partial charge in [0.2, 0.25) is 0 Å². The van der Waals surface area contributed by atoms with E-state index in [9.17, 15) is 5.11 Å². The number of hydrogen-bond acceptors (Lipinski definition) is 4. The van der Waals surface area contributed by atoms with E-state index in [1.54, 1.807) is 23.1 Å². The van der Waals surface area contributed by atoms with Gasteiger partial charge in [-0.3, -0.25) is 0 Å². The molecule has 0 aliphatic heterocycles. The standard InChI is InChI=1S/C10H10ClNOS2/c11-5-7(13)6-14-10-12-8-3-1-2-4-9(8)15-10/h1-4,7,13H,5-6H2/t7-/m1/s1. The van der Waals surface area contributed by atoms with Crippen LogP contribution in [0.3, 0.4) is 0 Å². The fourth-order valence-corrected chi connectivity index (χ4v) is 3.39. The first kappa shape index (κ1) is 11.2. The van der Waals surface area contributed by atoms with E-state index in [1.807, 2.05) is 18.2 Å². The van der Waals surface area contributed by atoms with Crippen LogP contribution in [0.5, 0.6) is 0 Å². The van der Waals surface area contributed by atoms with Gasteiger partial charge in [0.05, 0.1) is 16.3 Å². The second kappa shape index (κ2) is 5.16. The fraction of sp³-hybridized carbons (Fsp3) is 0.300. The van der Waals surface area contributed by atoms with Crippen molar-refractivity contribution in [2.75, 3.05) is 11.6 Å². The molecule has 2 aromatic rings. The Morgan fingerprint density at radius 2 is 2.27 bits per heavy atom. The van der Waals surface area contributed by atoms with Crippen LogP contribution < -0.4 is 0 Å². The highest BCUT2D eigenvalue weighted by Gasteiger charge is 2.07. The number of aliphatic hydroxyl groups is 1. The zero-order chi connectivity index (χ0) is 10.7. The second-order valence-electron chi connectivity index (χ2n) is 3.07. The van der Waals surface area contributed by atoms with E-state index in [0.717, 1.165) is 9.86 Å². The molecule has 0 unspecified atom stereocenters. The summed E-state index contributed by atoms with van der Waals surface area (Å²) in [5.41, 5.74) is 1.02. The summed E-state index contributed by atoms with van der Waals surface area (Å²) in [7, 11) is 0. The summed E-state index contributed by atoms with van der Waals surface area (Å²) < 4.78 is 2.17. The number of halogens is 1. The molecule has 1 N–H and O–H groups in total. The topological polar surface area (TPSA) is 33.1 Å². The normalized spacial score (nSPS) is 13.2. The Balaban J connectivity index is 2.09. The van der Waals surface area contributed by atoms with Crippen LogP contribution in [0.1, 0.15) is 0 Å². The molecule has 1 aromatic carbocycles. The number of nitrogens with zero attached hydrogens (tertiary/aromatic N) is 1. The third kappa shape index (κ3) is 2.84. The summed E-state index contributed by atoms with van der Waals surface area (Å²) in [6.07, 6.45) is -0.455. The minimum Gasteiger partial charge on any atom is -0.391 e. The maximum atomic E-state index is 9.32. The van der Waals surface area contributed by atoms with E-state index in [0.29, 0.717) is 5.75 Å². The minimum absolute atomic E-state index is 0.276. The van der Waals surface area contributed by atoms with Gasteiger partial charge in [0.25, 0.3) is 0 Å². The molecular formula is C10H10ClNOS2. The number of hydrogen-bond donors (Lipinski definition) is 1. The fourth-order valence-electron chi connectivity index (χ4n) is 1.12. The first-order valence-corrected chi connectivity index (χ1v) is 6.85. The molecule has 0 saturated heterocycles. The van der Waals surface area contributed by atoms with Gasteiger partial charge in [-0.2, -0.15) is 0 Å². The van der Waals surface area contributed by atoms with Crippen LogP contribution in [-0.2, 0) is 0 Å². The molecule has 0 amide bonds. The summed E-state index contributed by atoms with van der Waals surface area (Å²) in [5, 5.41) is 9.32. The first-order chi connectivity index (χ1) is 7.29. The van der Waals surface area contributed by atoms with Gasteiger partial charge < -0.3 is 5.11 Å². The number of benzene rings is 1. The molecule has 0 aliphatic carbocycles. The highest BCUT2D eigenvalue weighted by molar-refractivity contribution is 8.01. The zero-order valence-corrected chi connectivity index (χ0v) is 10.3. The largest absolute Gasteiger partial charge is 0.391 e. The number of aliphatic hydroxyl groups excluding tert-OH is 1. The number of alkyl halides is 1. The molecule has 1 atom stereocenters. The van der Waals surface area contributed by atoms with Crippen molar-refractivity contribution >= 4 is 44.9 Å². The lowest BCUT2D eigenvalue weighted by atomic mass is 10.3. The van der Waals surface area contributed by atoms with E-state index in [4.69, 9.17) is 11.6 Å². The molecule has 1 heterocycles. The summed E-state index contributed by atoms with van der Waals surface area (Å²) in [5.74, 6) is 0.876. The summed E-state index contributed by atoms with van der Waals surface area (Å²) >= 11 is 8.72. The van der Waals surface area contributed by atoms with E-state index in [1.165, 1.54) is 4.70 Å². The lowest BCUT2D eigenvalue weighted by molar-refractivity contribution is 0.223. The van der Waals surface area contributed by atoms with Crippen molar-refractivity contribution in [1.29, 1.82) is 0 Å². The van der Waals surface area contributed by atoms with E-state index >= 15 is 0 Å². The summed E-state index contributed by atoms with van der Waals surface area (Å²) in [6.45, 7) is 0. The van der Waals surface area contributed by atoms with Crippen molar-refractivity contribution in [3.63, 3.8) is 0 Å². The molecular weight excluding hydrogens is 250 g/mol. The molecule has 1 aromatic heterocycles. The monoisotopic (exact) mass is 259 g/mol. The summed E-state index contributed by atoms with van der Waals surface area (Å²) in [6, 6.07) is 8.02. The highest BCUT2D eigenvalue weighted by atomic mass is 35.5. The van der Waals surface area contributed by atoms with Crippen molar-refractivity contribution in [2.24, 2.45) is 0 Å². The van der Waals surface area contributed by atoms with Crippen LogP contribution in [0.4, 0.5) is 0 Å². The van der Waals surface area contributed by atoms with E-state index in [2.05, 4.69) is 11.1 Å². The maximum Gasteiger partial charge on any atom is 0.151 e. The Morgan fingerprint density at radius 3 is 3.00 bits per heavy atom. The van der Waals surface area contributed by atoms with Gasteiger partial charge in [-0.15, -0.1) is 22.9 Å². The third-order valence-electron chi connectivity index (χ3n) is 1.85. The van der Waals surface area contributed by atoms with Gasteiger partial charge in [0.1, 0.15) is 0 Å². The number of fused-ring (bicyclic) bond motifs is 1. The van der Waals surface area contributed by atoms with Crippen molar-refractivity contribution in [2.45, 2.75) is 10.4 Å². The molecule has 80 valence electrons. The molecule has 0 saturated carbocycles. The van der Waals surface area contributed by atoms with Crippen LogP contribution in [0, 0.1) is 0 Å². The molecule has 2 nitrogen and oxygen atoms in total. The van der Waals surface area contributed by atoms with Crippen LogP contribution in [0.25, 0.3) is 10.2 Å². The molecule has 15 heavy (non-hydrogen) atoms. The number of aromatic nitrogens is 1. The lowest BCUT2D eigenvalue weighted by Gasteiger charge is -2.02. The zero-order valence-electron chi connectivity index (χ0n) is 7.89. The van der Waals surface area contributed by atoms with Crippen molar-refractivity contribution < 1.29 is 5.11 Å². The van der Waals surface area contributed by atoms with Gasteiger partial charge in [0, 0.05) is 11.6 Å². The molecule has 0 fully saturated rings. The first-order valence-electron chi connectivity index (χ1n) is 4.52. The Kier molecular flexibility index (Phi) is 3.86. The van der Waals surface area contributed by atoms with Crippen LogP contribution in [-0.4, -0.2) is 27.8 Å². The van der Waals surface area contributed by atoms with Crippen molar-refractivity contribution in [3.05, 3.63) is 24.3 Å². The Bertz CT molecular complexity index is 413. The highest BCUT2D eigenvalue weighted by Crippen LogP contribution is 2.29. The Morgan fingerprint density at radius 1 is 1.47 bits per heavy atom. The van der Waals surface area contributed by atoms with E-state index < -0.39 is 6.10 Å². The molecule has 2 rings (SSSR count). The maximum absolute atomic E-state index is 9.32. The number of thioether (sulfide) groups is 1. The Hall–Kier alpha value is -0.290. The molecule has 5 heteroatoms. The molecule has 0 radical (unpaired) electrons. The van der Waals surface area contributed by atoms with Gasteiger partial charge in [-0.1, -0.05) is 23.9 Å². The smallest absolute Gasteiger partial charge is 0.151 e. The average molecular weight is 260 g/mol. The van der Waals surface area contributed by atoms with Crippen molar-refractivity contribution in [1.82, 2.24) is 4.98 Å². The SMILES string of the molecule is O[C@H](CCl)CSc1nc2ccccc2s1. The molecule has 0 aliphatic rings. The minimum atomic E-state index is -0.455. The van der Waals surface area contributed by atoms with Gasteiger partial charge in [-0.25, -0.2) is 4.98 Å². The number of thiazole rings is 1. The number of para-hydroxylation sites is 1. The van der Waals surface area contributed by atoms with Gasteiger partial charge in [-0.05, 0) is 12.1 Å². The van der Waals surface area contributed by atoms with Crippen LogP contribution >= 0.6 is 34.7 Å². The summed E-state index contributed by atoms with van der Waals surface area (Å²) in [4.78, 5) is 4.45. The van der Waals surface area contributed by atoms with Crippen LogP contribution in [0.2, 0.25) is 0 Å². The molecule has 0 spiro atoms. The van der Waals surface area contributed by atoms with Crippen LogP contribution in [0.15, 0.2) is 28.6 Å². The van der Waals surface area contributed by atoms with Gasteiger partial charge in [0.15, 0.2) is 4.34 Å². The van der Waals surface area contributed by atoms with E-state index in [-0.39, 0.29) is 5.88 Å². The van der Waals surface area contributed by atoms with Crippen molar-refractivity contribution in [3.8, 4) is 0 Å². The second-order valence-corrected chi connectivity index (χ2v) is 5.67. The third-order valence-corrected chi connectivity index (χ3v) is 4.53. The Labute approximate surface area is 101 Å². The van der Waals surface area contributed by atoms with Gasteiger partial charge >= 0.3 is 0 Å². The quantitative estimate of drug-likeness (QED) is 0.677. The predicted octanol–water partition coefficient (Wildman–Crippen LogP) is 2.99. The predicted molar refractivity (Wildman–Crippen MR) is 67.1 cm³/mol. The molecule has 0 bridgehead atoms. The lowest BCUT2D eigenvalue weighted by Crippen LogP contribution is -2.10.